The number of carbonyl (C=O) groups is 1. The lowest BCUT2D eigenvalue weighted by atomic mass is 9.99. The molecule has 2 heterocycles. The number of aryl methyl sites for hydroxylation is 1. The molecule has 0 unspecified atom stereocenters. The summed E-state index contributed by atoms with van der Waals surface area (Å²) in [7, 11) is 1.74. The molecule has 0 amide bonds. The van der Waals surface area contributed by atoms with Crippen LogP contribution in [0.1, 0.15) is 47.8 Å². The van der Waals surface area contributed by atoms with Gasteiger partial charge in [0.05, 0.1) is 17.3 Å². The average molecular weight is 261 g/mol. The van der Waals surface area contributed by atoms with E-state index >= 15 is 0 Å². The van der Waals surface area contributed by atoms with Crippen LogP contribution >= 0.6 is 0 Å². The number of nitrogens with zero attached hydrogens (tertiary/aromatic N) is 4. The van der Waals surface area contributed by atoms with Crippen LogP contribution in [0.2, 0.25) is 0 Å². The van der Waals surface area contributed by atoms with E-state index in [2.05, 4.69) is 15.2 Å². The molecule has 0 aliphatic heterocycles. The van der Waals surface area contributed by atoms with Gasteiger partial charge >= 0.3 is 0 Å². The Balaban J connectivity index is 1.87. The van der Waals surface area contributed by atoms with Gasteiger partial charge in [-0.15, -0.1) is 0 Å². The van der Waals surface area contributed by atoms with Crippen molar-refractivity contribution in [3.05, 3.63) is 29.7 Å². The summed E-state index contributed by atoms with van der Waals surface area (Å²) in [6.45, 7) is 0. The summed E-state index contributed by atoms with van der Waals surface area (Å²) in [6, 6.07) is 0. The van der Waals surface area contributed by atoms with E-state index < -0.39 is 5.54 Å². The molecule has 3 rings (SSSR count). The fraction of sp³-hybridized carbons (Fsp3) is 0.500. The zero-order valence-electron chi connectivity index (χ0n) is 10.7. The third kappa shape index (κ3) is 2.06. The minimum absolute atomic E-state index is 0.0280. The number of nitrogens with two attached hydrogens (primary N) is 1. The van der Waals surface area contributed by atoms with Crippen molar-refractivity contribution in [1.29, 1.82) is 0 Å². The van der Waals surface area contributed by atoms with Gasteiger partial charge in [-0.3, -0.25) is 9.48 Å². The molecule has 0 saturated heterocycles. The summed E-state index contributed by atoms with van der Waals surface area (Å²) in [6.07, 6.45) is 6.84. The van der Waals surface area contributed by atoms with Gasteiger partial charge in [0.2, 0.25) is 0 Å². The number of aromatic nitrogens is 4. The molecular weight excluding hydrogens is 246 g/mol. The van der Waals surface area contributed by atoms with E-state index in [1.807, 2.05) is 0 Å². The zero-order chi connectivity index (χ0) is 13.5. The second-order valence-corrected chi connectivity index (χ2v) is 5.02. The molecule has 1 aliphatic rings. The van der Waals surface area contributed by atoms with Gasteiger partial charge < -0.3 is 10.3 Å². The highest BCUT2D eigenvalue weighted by atomic mass is 16.5. The van der Waals surface area contributed by atoms with Gasteiger partial charge in [-0.25, -0.2) is 0 Å². The minimum Gasteiger partial charge on any atom is -0.330 e. The molecule has 0 spiro atoms. The summed E-state index contributed by atoms with van der Waals surface area (Å²) in [5, 5.41) is 7.81. The summed E-state index contributed by atoms with van der Waals surface area (Å²) >= 11 is 0. The largest absolute Gasteiger partial charge is 0.330 e. The molecule has 0 aromatic carbocycles. The highest BCUT2D eigenvalue weighted by Gasteiger charge is 2.36. The third-order valence-corrected chi connectivity index (χ3v) is 3.53. The molecule has 100 valence electrons. The van der Waals surface area contributed by atoms with Gasteiger partial charge in [-0.2, -0.15) is 10.1 Å². The predicted octanol–water partition coefficient (Wildman–Crippen LogP) is 0.762. The van der Waals surface area contributed by atoms with Gasteiger partial charge in [0.15, 0.2) is 5.82 Å². The smallest absolute Gasteiger partial charge is 0.299 e. The van der Waals surface area contributed by atoms with Crippen LogP contribution in [0.25, 0.3) is 0 Å². The second kappa shape index (κ2) is 4.27. The lowest BCUT2D eigenvalue weighted by molar-refractivity contribution is 0.0994. The molecule has 1 saturated carbocycles. The highest BCUT2D eigenvalue weighted by Crippen LogP contribution is 2.34. The van der Waals surface area contributed by atoms with Crippen molar-refractivity contribution in [2.75, 3.05) is 0 Å². The van der Waals surface area contributed by atoms with Crippen molar-refractivity contribution < 1.29 is 9.32 Å². The lowest BCUT2D eigenvalue weighted by Gasteiger charge is -2.17. The van der Waals surface area contributed by atoms with Crippen molar-refractivity contribution in [3.8, 4) is 0 Å². The number of rotatable bonds is 3. The fourth-order valence-electron chi connectivity index (χ4n) is 2.41. The first-order chi connectivity index (χ1) is 9.08. The van der Waals surface area contributed by atoms with Crippen LogP contribution in [0.15, 0.2) is 16.9 Å². The van der Waals surface area contributed by atoms with Crippen LogP contribution in [0.5, 0.6) is 0 Å². The van der Waals surface area contributed by atoms with E-state index in [-0.39, 0.29) is 11.7 Å². The van der Waals surface area contributed by atoms with Crippen molar-refractivity contribution in [2.24, 2.45) is 12.8 Å². The molecule has 0 radical (unpaired) electrons. The molecule has 19 heavy (non-hydrogen) atoms. The van der Waals surface area contributed by atoms with E-state index in [4.69, 9.17) is 10.3 Å². The molecule has 1 aliphatic carbocycles. The standard InChI is InChI=1S/C12H15N5O2/c1-17-7-8(6-14-17)9(18)10-15-11(16-19-10)12(13)4-2-3-5-12/h6-7H,2-5,13H2,1H3. The Hall–Kier alpha value is -2.02. The highest BCUT2D eigenvalue weighted by molar-refractivity contribution is 6.05. The van der Waals surface area contributed by atoms with Crippen LogP contribution in [-0.2, 0) is 12.6 Å². The van der Waals surface area contributed by atoms with Crippen LogP contribution in [0.4, 0.5) is 0 Å². The quantitative estimate of drug-likeness (QED) is 0.819. The zero-order valence-corrected chi connectivity index (χ0v) is 10.7. The first-order valence-electron chi connectivity index (χ1n) is 6.25. The Kier molecular flexibility index (Phi) is 2.70. The maximum Gasteiger partial charge on any atom is 0.299 e. The second-order valence-electron chi connectivity index (χ2n) is 5.02. The Morgan fingerprint density at radius 1 is 1.47 bits per heavy atom. The van der Waals surface area contributed by atoms with Crippen molar-refractivity contribution in [1.82, 2.24) is 19.9 Å². The molecule has 2 aromatic heterocycles. The molecule has 7 heteroatoms. The van der Waals surface area contributed by atoms with Gasteiger partial charge in [0.1, 0.15) is 0 Å². The van der Waals surface area contributed by atoms with E-state index in [9.17, 15) is 4.79 Å². The van der Waals surface area contributed by atoms with E-state index in [1.165, 1.54) is 6.20 Å². The van der Waals surface area contributed by atoms with Gasteiger partial charge in [0.25, 0.3) is 11.7 Å². The number of ketones is 1. The van der Waals surface area contributed by atoms with Gasteiger partial charge in [0, 0.05) is 13.2 Å². The maximum absolute atomic E-state index is 12.1. The Bertz CT molecular complexity index is 609. The lowest BCUT2D eigenvalue weighted by Crippen LogP contribution is -2.34. The third-order valence-electron chi connectivity index (χ3n) is 3.53. The fourth-order valence-corrected chi connectivity index (χ4v) is 2.41. The topological polar surface area (TPSA) is 99.8 Å². The summed E-state index contributed by atoms with van der Waals surface area (Å²) in [5.74, 6) is 0.0745. The SMILES string of the molecule is Cn1cc(C(=O)c2nc(C3(N)CCCC3)no2)cn1. The monoisotopic (exact) mass is 261 g/mol. The van der Waals surface area contributed by atoms with Crippen molar-refractivity contribution >= 4 is 5.78 Å². The molecule has 2 aromatic rings. The van der Waals surface area contributed by atoms with Gasteiger partial charge in [-0.05, 0) is 12.8 Å². The number of hydrogen-bond donors (Lipinski definition) is 1. The Morgan fingerprint density at radius 2 is 2.21 bits per heavy atom. The number of carbonyl (C=O) groups excluding carboxylic acids is 1. The molecule has 1 fully saturated rings. The molecule has 0 bridgehead atoms. The molecule has 7 nitrogen and oxygen atoms in total. The first kappa shape index (κ1) is 12.0. The minimum atomic E-state index is -0.545. The van der Waals surface area contributed by atoms with Crippen LogP contribution in [0, 0.1) is 0 Å². The van der Waals surface area contributed by atoms with Crippen molar-refractivity contribution in [2.45, 2.75) is 31.2 Å². The average Bonchev–Trinajstić information content (AvgIpc) is 3.08. The van der Waals surface area contributed by atoms with E-state index in [1.54, 1.807) is 17.9 Å². The van der Waals surface area contributed by atoms with Crippen LogP contribution < -0.4 is 5.73 Å². The maximum atomic E-state index is 12.1. The van der Waals surface area contributed by atoms with Crippen molar-refractivity contribution in [3.63, 3.8) is 0 Å². The summed E-state index contributed by atoms with van der Waals surface area (Å²) in [5.41, 5.74) is 6.11. The first-order valence-corrected chi connectivity index (χ1v) is 6.25. The van der Waals surface area contributed by atoms with Gasteiger partial charge in [-0.1, -0.05) is 18.0 Å². The molecular formula is C12H15N5O2. The molecule has 2 N–H and O–H groups in total. The molecule has 0 atom stereocenters. The summed E-state index contributed by atoms with van der Waals surface area (Å²) in [4.78, 5) is 16.3. The Morgan fingerprint density at radius 3 is 2.84 bits per heavy atom. The van der Waals surface area contributed by atoms with E-state index in [0.717, 1.165) is 25.7 Å². The van der Waals surface area contributed by atoms with Crippen LogP contribution in [0.3, 0.4) is 0 Å². The number of hydrogen-bond acceptors (Lipinski definition) is 6. The predicted molar refractivity (Wildman–Crippen MR) is 65.3 cm³/mol. The summed E-state index contributed by atoms with van der Waals surface area (Å²) < 4.78 is 6.59. The Labute approximate surface area is 109 Å². The van der Waals surface area contributed by atoms with E-state index in [0.29, 0.717) is 11.4 Å². The van der Waals surface area contributed by atoms with Crippen LogP contribution in [-0.4, -0.2) is 25.7 Å². The normalized spacial score (nSPS) is 17.8.